The molecule has 1 aromatic rings. The smallest absolute Gasteiger partial charge is 0.244 e. The number of hydrogen-bond acceptors (Lipinski definition) is 3. The Morgan fingerprint density at radius 2 is 1.75 bits per heavy atom. The van der Waals surface area contributed by atoms with E-state index in [4.69, 9.17) is 11.6 Å². The maximum atomic E-state index is 12.6. The third-order valence-corrected chi connectivity index (χ3v) is 6.40. The third kappa shape index (κ3) is 3.01. The molecule has 110 valence electrons. The van der Waals surface area contributed by atoms with Crippen molar-refractivity contribution in [2.45, 2.75) is 17.7 Å². The molecule has 2 aliphatic rings. The molecule has 0 atom stereocenters. The fourth-order valence-electron chi connectivity index (χ4n) is 2.61. The van der Waals surface area contributed by atoms with Gasteiger partial charge in [0.2, 0.25) is 10.0 Å². The van der Waals surface area contributed by atoms with Gasteiger partial charge in [0.1, 0.15) is 4.90 Å². The molecule has 2 fully saturated rings. The van der Waals surface area contributed by atoms with Gasteiger partial charge in [-0.2, -0.15) is 4.31 Å². The van der Waals surface area contributed by atoms with Gasteiger partial charge in [-0.05, 0) is 30.9 Å². The maximum absolute atomic E-state index is 12.6. The Hall–Kier alpha value is -0.620. The summed E-state index contributed by atoms with van der Waals surface area (Å²) in [4.78, 5) is 2.59. The van der Waals surface area contributed by atoms with Gasteiger partial charge in [-0.3, -0.25) is 0 Å². The molecule has 1 saturated carbocycles. The Balaban J connectivity index is 1.68. The number of piperazine rings is 1. The Bertz CT molecular complexity index is 579. The zero-order chi connectivity index (χ0) is 14.2. The van der Waals surface area contributed by atoms with Gasteiger partial charge >= 0.3 is 0 Å². The third-order valence-electron chi connectivity index (χ3n) is 4.00. The summed E-state index contributed by atoms with van der Waals surface area (Å²) >= 11 is 6.02. The fourth-order valence-corrected chi connectivity index (χ4v) is 4.53. The van der Waals surface area contributed by atoms with Crippen molar-refractivity contribution in [2.75, 3.05) is 32.7 Å². The molecule has 0 spiro atoms. The first-order chi connectivity index (χ1) is 9.57. The molecule has 0 N–H and O–H groups in total. The minimum absolute atomic E-state index is 0.220. The molecule has 1 aliphatic carbocycles. The normalized spacial score (nSPS) is 22.1. The Kier molecular flexibility index (Phi) is 4.04. The van der Waals surface area contributed by atoms with Crippen LogP contribution in [-0.4, -0.2) is 50.3 Å². The van der Waals surface area contributed by atoms with Crippen LogP contribution in [0.15, 0.2) is 29.2 Å². The van der Waals surface area contributed by atoms with Crippen LogP contribution in [0.4, 0.5) is 0 Å². The van der Waals surface area contributed by atoms with Crippen molar-refractivity contribution in [2.24, 2.45) is 5.92 Å². The van der Waals surface area contributed by atoms with Gasteiger partial charge in [0.05, 0.1) is 5.02 Å². The Morgan fingerprint density at radius 3 is 2.35 bits per heavy atom. The van der Waals surface area contributed by atoms with E-state index >= 15 is 0 Å². The summed E-state index contributed by atoms with van der Waals surface area (Å²) in [5, 5.41) is 0.299. The van der Waals surface area contributed by atoms with E-state index in [1.54, 1.807) is 28.6 Å². The molecule has 0 aromatic heterocycles. The predicted molar refractivity (Wildman–Crippen MR) is 79.4 cm³/mol. The molecule has 0 amide bonds. The summed E-state index contributed by atoms with van der Waals surface area (Å²) in [6, 6.07) is 6.66. The minimum Gasteiger partial charge on any atom is -0.300 e. The van der Waals surface area contributed by atoms with Crippen molar-refractivity contribution < 1.29 is 8.42 Å². The van der Waals surface area contributed by atoms with Gasteiger partial charge in [0.15, 0.2) is 0 Å². The highest BCUT2D eigenvalue weighted by molar-refractivity contribution is 7.89. The molecule has 0 radical (unpaired) electrons. The van der Waals surface area contributed by atoms with Crippen molar-refractivity contribution in [3.63, 3.8) is 0 Å². The molecule has 20 heavy (non-hydrogen) atoms. The van der Waals surface area contributed by atoms with Crippen LogP contribution in [0.25, 0.3) is 0 Å². The van der Waals surface area contributed by atoms with Crippen LogP contribution >= 0.6 is 11.6 Å². The van der Waals surface area contributed by atoms with Crippen LogP contribution in [0, 0.1) is 5.92 Å². The van der Waals surface area contributed by atoms with Crippen molar-refractivity contribution in [1.82, 2.24) is 9.21 Å². The van der Waals surface area contributed by atoms with E-state index in [1.807, 2.05) is 0 Å². The lowest BCUT2D eigenvalue weighted by atomic mass is 10.3. The van der Waals surface area contributed by atoms with Gasteiger partial charge in [-0.25, -0.2) is 8.42 Å². The lowest BCUT2D eigenvalue weighted by Crippen LogP contribution is -2.49. The van der Waals surface area contributed by atoms with Crippen LogP contribution in [0.1, 0.15) is 12.8 Å². The van der Waals surface area contributed by atoms with Crippen molar-refractivity contribution in [3.8, 4) is 0 Å². The van der Waals surface area contributed by atoms with Gasteiger partial charge < -0.3 is 4.90 Å². The fraction of sp³-hybridized carbons (Fsp3) is 0.571. The maximum Gasteiger partial charge on any atom is 0.244 e. The van der Waals surface area contributed by atoms with Crippen molar-refractivity contribution in [3.05, 3.63) is 29.3 Å². The number of rotatable bonds is 4. The standard InChI is InChI=1S/C14H19ClN2O2S/c15-13-3-1-2-4-14(13)20(18,19)17-9-7-16(8-10-17)11-12-5-6-12/h1-4,12H,5-11H2. The SMILES string of the molecule is O=S(=O)(c1ccccc1Cl)N1CCN(CC2CC2)CC1. The quantitative estimate of drug-likeness (QED) is 0.854. The summed E-state index contributed by atoms with van der Waals surface area (Å²) in [7, 11) is -3.45. The van der Waals surface area contributed by atoms with Crippen molar-refractivity contribution in [1.29, 1.82) is 0 Å². The van der Waals surface area contributed by atoms with Gasteiger partial charge in [0.25, 0.3) is 0 Å². The molecular formula is C14H19ClN2O2S. The predicted octanol–water partition coefficient (Wildman–Crippen LogP) is 2.06. The van der Waals surface area contributed by atoms with Crippen molar-refractivity contribution >= 4 is 21.6 Å². The molecular weight excluding hydrogens is 296 g/mol. The zero-order valence-corrected chi connectivity index (χ0v) is 12.9. The van der Waals surface area contributed by atoms with E-state index in [0.717, 1.165) is 25.6 Å². The van der Waals surface area contributed by atoms with E-state index in [-0.39, 0.29) is 4.90 Å². The molecule has 3 rings (SSSR count). The second-order valence-corrected chi connectivity index (χ2v) is 7.89. The van der Waals surface area contributed by atoms with Crippen LogP contribution in [0.2, 0.25) is 5.02 Å². The van der Waals surface area contributed by atoms with E-state index in [0.29, 0.717) is 18.1 Å². The van der Waals surface area contributed by atoms with E-state index in [2.05, 4.69) is 4.90 Å². The molecule has 6 heteroatoms. The van der Waals surface area contributed by atoms with Crippen LogP contribution in [0.5, 0.6) is 0 Å². The number of sulfonamides is 1. The molecule has 0 bridgehead atoms. The minimum atomic E-state index is -3.45. The molecule has 1 aliphatic heterocycles. The van der Waals surface area contributed by atoms with E-state index in [1.165, 1.54) is 12.8 Å². The van der Waals surface area contributed by atoms with Crippen LogP contribution in [-0.2, 0) is 10.0 Å². The number of benzene rings is 1. The van der Waals surface area contributed by atoms with Crippen LogP contribution < -0.4 is 0 Å². The Labute approximate surface area is 125 Å². The molecule has 1 aromatic carbocycles. The summed E-state index contributed by atoms with van der Waals surface area (Å²) in [6.45, 7) is 3.88. The highest BCUT2D eigenvalue weighted by Crippen LogP contribution is 2.30. The number of halogens is 1. The average molecular weight is 315 g/mol. The highest BCUT2D eigenvalue weighted by Gasteiger charge is 2.32. The van der Waals surface area contributed by atoms with E-state index in [9.17, 15) is 8.42 Å². The number of hydrogen-bond donors (Lipinski definition) is 0. The molecule has 1 heterocycles. The summed E-state index contributed by atoms with van der Waals surface area (Å²) < 4.78 is 26.7. The summed E-state index contributed by atoms with van der Waals surface area (Å²) in [5.41, 5.74) is 0. The summed E-state index contributed by atoms with van der Waals surface area (Å²) in [6.07, 6.45) is 2.66. The topological polar surface area (TPSA) is 40.6 Å². The average Bonchev–Trinajstić information content (AvgIpc) is 3.24. The zero-order valence-electron chi connectivity index (χ0n) is 11.3. The van der Waals surface area contributed by atoms with Crippen LogP contribution in [0.3, 0.4) is 0 Å². The second-order valence-electron chi connectivity index (χ2n) is 5.58. The van der Waals surface area contributed by atoms with Gasteiger partial charge in [0, 0.05) is 32.7 Å². The van der Waals surface area contributed by atoms with Gasteiger partial charge in [-0.1, -0.05) is 23.7 Å². The monoisotopic (exact) mass is 314 g/mol. The first kappa shape index (κ1) is 14.3. The number of nitrogens with zero attached hydrogens (tertiary/aromatic N) is 2. The Morgan fingerprint density at radius 1 is 1.10 bits per heavy atom. The second kappa shape index (κ2) is 5.64. The summed E-state index contributed by atoms with van der Waals surface area (Å²) in [5.74, 6) is 0.849. The largest absolute Gasteiger partial charge is 0.300 e. The van der Waals surface area contributed by atoms with E-state index < -0.39 is 10.0 Å². The first-order valence-corrected chi connectivity index (χ1v) is 8.86. The molecule has 0 unspecified atom stereocenters. The lowest BCUT2D eigenvalue weighted by molar-refractivity contribution is 0.182. The molecule has 1 saturated heterocycles. The highest BCUT2D eigenvalue weighted by atomic mass is 35.5. The first-order valence-electron chi connectivity index (χ1n) is 7.04. The lowest BCUT2D eigenvalue weighted by Gasteiger charge is -2.34. The molecule has 4 nitrogen and oxygen atoms in total. The van der Waals surface area contributed by atoms with Gasteiger partial charge in [-0.15, -0.1) is 0 Å².